The first-order valence-corrected chi connectivity index (χ1v) is 7.74. The number of methoxy groups -OCH3 is 1. The zero-order chi connectivity index (χ0) is 16.6. The summed E-state index contributed by atoms with van der Waals surface area (Å²) in [4.78, 5) is 25.5. The van der Waals surface area contributed by atoms with E-state index in [2.05, 4.69) is 15.2 Å². The quantitative estimate of drug-likeness (QED) is 0.750. The van der Waals surface area contributed by atoms with Crippen molar-refractivity contribution in [3.63, 3.8) is 0 Å². The molecule has 0 bridgehead atoms. The number of fused-ring (bicyclic) bond motifs is 1. The van der Waals surface area contributed by atoms with E-state index in [1.165, 1.54) is 18.4 Å². The minimum absolute atomic E-state index is 0.215. The van der Waals surface area contributed by atoms with Crippen LogP contribution in [0.3, 0.4) is 0 Å². The third-order valence-electron chi connectivity index (χ3n) is 3.46. The maximum absolute atomic E-state index is 12.4. The summed E-state index contributed by atoms with van der Waals surface area (Å²) in [6, 6.07) is 8.48. The van der Waals surface area contributed by atoms with Crippen LogP contribution in [0, 0.1) is 6.92 Å². The zero-order valence-electron chi connectivity index (χ0n) is 12.9. The number of carbonyl (C=O) groups is 2. The highest BCUT2D eigenvalue weighted by Crippen LogP contribution is 2.28. The molecular weight excluding hydrogens is 314 g/mol. The average molecular weight is 329 g/mol. The number of benzene rings is 1. The van der Waals surface area contributed by atoms with Crippen LogP contribution < -0.4 is 5.32 Å². The van der Waals surface area contributed by atoms with E-state index in [9.17, 15) is 9.59 Å². The molecular formula is C16H15N3O3S. The molecule has 1 aromatic carbocycles. The van der Waals surface area contributed by atoms with Gasteiger partial charge in [-0.25, -0.2) is 4.79 Å². The van der Waals surface area contributed by atoms with Crippen LogP contribution in [0.15, 0.2) is 30.3 Å². The van der Waals surface area contributed by atoms with Crippen molar-refractivity contribution in [2.24, 2.45) is 7.05 Å². The molecule has 23 heavy (non-hydrogen) atoms. The molecule has 2 aromatic heterocycles. The summed E-state index contributed by atoms with van der Waals surface area (Å²) >= 11 is 1.38. The number of hydrogen-bond donors (Lipinski definition) is 1. The van der Waals surface area contributed by atoms with E-state index >= 15 is 0 Å². The topological polar surface area (TPSA) is 73.2 Å². The summed E-state index contributed by atoms with van der Waals surface area (Å²) in [5.74, 6) is -0.655. The third-order valence-corrected chi connectivity index (χ3v) is 4.66. The van der Waals surface area contributed by atoms with Crippen LogP contribution in [0.5, 0.6) is 0 Å². The van der Waals surface area contributed by atoms with Crippen LogP contribution in [0.1, 0.15) is 25.7 Å². The molecule has 0 fully saturated rings. The number of anilines is 1. The van der Waals surface area contributed by atoms with Gasteiger partial charge in [-0.3, -0.25) is 9.48 Å². The van der Waals surface area contributed by atoms with Crippen LogP contribution >= 0.6 is 11.3 Å². The Hall–Kier alpha value is -2.67. The third kappa shape index (κ3) is 2.83. The maximum atomic E-state index is 12.4. The molecule has 0 aliphatic carbocycles. The molecule has 0 unspecified atom stereocenters. The van der Waals surface area contributed by atoms with E-state index in [4.69, 9.17) is 0 Å². The highest BCUT2D eigenvalue weighted by molar-refractivity contribution is 7.20. The zero-order valence-corrected chi connectivity index (χ0v) is 13.7. The molecule has 1 amide bonds. The van der Waals surface area contributed by atoms with E-state index in [1.807, 2.05) is 20.0 Å². The normalized spacial score (nSPS) is 10.7. The molecule has 2 heterocycles. The summed E-state index contributed by atoms with van der Waals surface area (Å²) in [6.45, 7) is 1.91. The van der Waals surface area contributed by atoms with Gasteiger partial charge in [0.2, 0.25) is 0 Å². The molecule has 0 radical (unpaired) electrons. The van der Waals surface area contributed by atoms with Crippen LogP contribution in [-0.2, 0) is 11.8 Å². The number of rotatable bonds is 3. The Morgan fingerprint density at radius 1 is 1.30 bits per heavy atom. The van der Waals surface area contributed by atoms with Crippen molar-refractivity contribution in [1.82, 2.24) is 9.78 Å². The number of nitrogens with one attached hydrogen (secondary N) is 1. The average Bonchev–Trinajstić information content (AvgIpc) is 3.09. The van der Waals surface area contributed by atoms with Gasteiger partial charge in [0.15, 0.2) is 0 Å². The summed E-state index contributed by atoms with van der Waals surface area (Å²) in [5.41, 5.74) is 1.83. The monoisotopic (exact) mass is 329 g/mol. The lowest BCUT2D eigenvalue weighted by molar-refractivity contribution is 0.0600. The Morgan fingerprint density at radius 3 is 2.78 bits per heavy atom. The highest BCUT2D eigenvalue weighted by Gasteiger charge is 2.15. The second-order valence-electron chi connectivity index (χ2n) is 5.07. The summed E-state index contributed by atoms with van der Waals surface area (Å²) in [6.07, 6.45) is 0. The molecule has 7 heteroatoms. The molecule has 0 spiro atoms. The maximum Gasteiger partial charge on any atom is 0.337 e. The van der Waals surface area contributed by atoms with Crippen LogP contribution in [0.25, 0.3) is 10.2 Å². The highest BCUT2D eigenvalue weighted by atomic mass is 32.1. The van der Waals surface area contributed by atoms with Gasteiger partial charge < -0.3 is 10.1 Å². The molecule has 3 aromatic rings. The fraction of sp³-hybridized carbons (Fsp3) is 0.188. The summed E-state index contributed by atoms with van der Waals surface area (Å²) in [5, 5.41) is 8.10. The van der Waals surface area contributed by atoms with Crippen molar-refractivity contribution >= 4 is 39.1 Å². The van der Waals surface area contributed by atoms with Gasteiger partial charge in [0.1, 0.15) is 4.83 Å². The fourth-order valence-corrected chi connectivity index (χ4v) is 3.37. The van der Waals surface area contributed by atoms with E-state index in [1.54, 1.807) is 28.9 Å². The molecule has 1 N–H and O–H groups in total. The molecule has 3 rings (SSSR count). The van der Waals surface area contributed by atoms with Crippen LogP contribution in [0.4, 0.5) is 5.69 Å². The first-order valence-electron chi connectivity index (χ1n) is 6.92. The van der Waals surface area contributed by atoms with E-state index in [-0.39, 0.29) is 5.91 Å². The largest absolute Gasteiger partial charge is 0.465 e. The molecule has 0 saturated carbocycles. The van der Waals surface area contributed by atoms with Gasteiger partial charge in [-0.2, -0.15) is 5.10 Å². The Bertz CT molecular complexity index is 876. The van der Waals surface area contributed by atoms with Gasteiger partial charge in [0, 0.05) is 18.1 Å². The smallest absolute Gasteiger partial charge is 0.337 e. The van der Waals surface area contributed by atoms with E-state index < -0.39 is 5.97 Å². The number of thiophene rings is 1. The van der Waals surface area contributed by atoms with Crippen molar-refractivity contribution in [2.45, 2.75) is 6.92 Å². The second kappa shape index (κ2) is 5.85. The Labute approximate surface area is 136 Å². The molecule has 118 valence electrons. The minimum atomic E-state index is -0.440. The van der Waals surface area contributed by atoms with Gasteiger partial charge in [0.25, 0.3) is 5.91 Å². The summed E-state index contributed by atoms with van der Waals surface area (Å²) in [7, 11) is 3.18. The first kappa shape index (κ1) is 15.2. The Kier molecular flexibility index (Phi) is 3.87. The lowest BCUT2D eigenvalue weighted by Gasteiger charge is -2.05. The van der Waals surface area contributed by atoms with Gasteiger partial charge >= 0.3 is 5.97 Å². The standard InChI is InChI=1S/C16H15N3O3S/c1-9-12-8-13(23-15(12)19(2)18-9)14(20)17-11-6-4-5-10(7-11)16(21)22-3/h4-8H,1-3H3,(H,17,20). The van der Waals surface area contributed by atoms with Crippen molar-refractivity contribution in [2.75, 3.05) is 12.4 Å². The van der Waals surface area contributed by atoms with Gasteiger partial charge in [-0.05, 0) is 31.2 Å². The van der Waals surface area contributed by atoms with Crippen molar-refractivity contribution in [3.05, 3.63) is 46.5 Å². The van der Waals surface area contributed by atoms with Gasteiger partial charge in [-0.15, -0.1) is 11.3 Å². The number of amides is 1. The Morgan fingerprint density at radius 2 is 2.09 bits per heavy atom. The molecule has 6 nitrogen and oxygen atoms in total. The lowest BCUT2D eigenvalue weighted by atomic mass is 10.2. The van der Waals surface area contributed by atoms with Crippen LogP contribution in [0.2, 0.25) is 0 Å². The van der Waals surface area contributed by atoms with Crippen molar-refractivity contribution < 1.29 is 14.3 Å². The number of carbonyl (C=O) groups excluding carboxylic acids is 2. The fourth-order valence-electron chi connectivity index (χ4n) is 2.35. The number of esters is 1. The van der Waals surface area contributed by atoms with Gasteiger partial charge in [-0.1, -0.05) is 6.07 Å². The predicted molar refractivity (Wildman–Crippen MR) is 89.1 cm³/mol. The predicted octanol–water partition coefficient (Wildman–Crippen LogP) is 2.98. The molecule has 0 aliphatic rings. The number of ether oxygens (including phenoxy) is 1. The molecule has 0 saturated heterocycles. The van der Waals surface area contributed by atoms with Gasteiger partial charge in [0.05, 0.1) is 23.2 Å². The second-order valence-corrected chi connectivity index (χ2v) is 6.10. The van der Waals surface area contributed by atoms with E-state index in [0.717, 1.165) is 15.9 Å². The molecule has 0 atom stereocenters. The number of hydrogen-bond acceptors (Lipinski definition) is 5. The SMILES string of the molecule is COC(=O)c1cccc(NC(=O)c2cc3c(C)nn(C)c3s2)c1. The lowest BCUT2D eigenvalue weighted by Crippen LogP contribution is -2.11. The Balaban J connectivity index is 1.85. The minimum Gasteiger partial charge on any atom is -0.465 e. The number of aromatic nitrogens is 2. The van der Waals surface area contributed by atoms with Crippen molar-refractivity contribution in [1.29, 1.82) is 0 Å². The molecule has 0 aliphatic heterocycles. The number of nitrogens with zero attached hydrogens (tertiary/aromatic N) is 2. The van der Waals surface area contributed by atoms with Crippen molar-refractivity contribution in [3.8, 4) is 0 Å². The van der Waals surface area contributed by atoms with Crippen LogP contribution in [-0.4, -0.2) is 28.8 Å². The number of aryl methyl sites for hydroxylation is 2. The summed E-state index contributed by atoms with van der Waals surface area (Å²) < 4.78 is 6.45. The van der Waals surface area contributed by atoms with E-state index in [0.29, 0.717) is 16.1 Å². The first-order chi connectivity index (χ1) is 11.0.